The summed E-state index contributed by atoms with van der Waals surface area (Å²) in [6.45, 7) is 2.95. The summed E-state index contributed by atoms with van der Waals surface area (Å²) in [5, 5.41) is 0. The van der Waals surface area contributed by atoms with Crippen molar-refractivity contribution >= 4 is 0 Å². The van der Waals surface area contributed by atoms with Crippen LogP contribution in [0.2, 0.25) is 0 Å². The fourth-order valence-electron chi connectivity index (χ4n) is 4.69. The van der Waals surface area contributed by atoms with Gasteiger partial charge in [-0.1, -0.05) is 37.5 Å². The molecule has 1 saturated heterocycles. The summed E-state index contributed by atoms with van der Waals surface area (Å²) in [6, 6.07) is 6.65. The van der Waals surface area contributed by atoms with Gasteiger partial charge in [0, 0.05) is 19.1 Å². The Kier molecular flexibility index (Phi) is 6.29. The molecule has 2 nitrogen and oxygen atoms in total. The third kappa shape index (κ3) is 4.80. The maximum absolute atomic E-state index is 13.2. The zero-order chi connectivity index (χ0) is 18.7. The first-order valence-corrected chi connectivity index (χ1v) is 9.90. The number of rotatable bonds is 5. The van der Waals surface area contributed by atoms with Gasteiger partial charge in [-0.2, -0.15) is 13.2 Å². The molecule has 26 heavy (non-hydrogen) atoms. The first-order chi connectivity index (χ1) is 12.3. The van der Waals surface area contributed by atoms with Gasteiger partial charge in [-0.05, 0) is 63.4 Å². The lowest BCUT2D eigenvalue weighted by Crippen LogP contribution is -2.35. The van der Waals surface area contributed by atoms with Gasteiger partial charge in [-0.25, -0.2) is 0 Å². The van der Waals surface area contributed by atoms with Crippen molar-refractivity contribution in [2.75, 3.05) is 33.7 Å². The van der Waals surface area contributed by atoms with Crippen LogP contribution in [-0.4, -0.2) is 49.6 Å². The highest BCUT2D eigenvalue weighted by Gasteiger charge is 2.34. The fourth-order valence-corrected chi connectivity index (χ4v) is 4.69. The predicted octanol–water partition coefficient (Wildman–Crippen LogP) is 5.01. The summed E-state index contributed by atoms with van der Waals surface area (Å²) < 4.78 is 39.6. The van der Waals surface area contributed by atoms with Crippen LogP contribution in [0.4, 0.5) is 13.2 Å². The number of likely N-dealkylation sites (N-methyl/N-ethyl adjacent to an activating group) is 1. The lowest BCUT2D eigenvalue weighted by Gasteiger charge is -2.34. The molecule has 2 fully saturated rings. The second kappa shape index (κ2) is 8.30. The van der Waals surface area contributed by atoms with Crippen LogP contribution in [-0.2, 0) is 6.18 Å². The van der Waals surface area contributed by atoms with Crippen molar-refractivity contribution in [3.05, 3.63) is 35.4 Å². The second-order valence-corrected chi connectivity index (χ2v) is 8.29. The molecule has 1 heterocycles. The summed E-state index contributed by atoms with van der Waals surface area (Å²) in [5.74, 6) is 0.712. The molecular weight excluding hydrogens is 337 g/mol. The largest absolute Gasteiger partial charge is 0.416 e. The number of halogens is 3. The van der Waals surface area contributed by atoms with Crippen LogP contribution in [0, 0.1) is 5.92 Å². The highest BCUT2D eigenvalue weighted by atomic mass is 19.4. The molecule has 2 aliphatic rings. The molecule has 1 aromatic rings. The first kappa shape index (κ1) is 19.7. The molecule has 0 radical (unpaired) electrons. The number of alkyl halides is 3. The molecule has 1 aromatic carbocycles. The van der Waals surface area contributed by atoms with Gasteiger partial charge in [0.05, 0.1) is 5.56 Å². The van der Waals surface area contributed by atoms with E-state index in [9.17, 15) is 13.2 Å². The summed E-state index contributed by atoms with van der Waals surface area (Å²) in [4.78, 5) is 4.73. The van der Waals surface area contributed by atoms with Gasteiger partial charge in [-0.15, -0.1) is 0 Å². The average molecular weight is 368 g/mol. The Bertz CT molecular complexity index is 579. The van der Waals surface area contributed by atoms with Crippen molar-refractivity contribution in [1.29, 1.82) is 0 Å². The molecule has 1 saturated carbocycles. The van der Waals surface area contributed by atoms with Gasteiger partial charge in [0.1, 0.15) is 0 Å². The molecule has 0 bridgehead atoms. The van der Waals surface area contributed by atoms with Crippen molar-refractivity contribution in [2.24, 2.45) is 5.92 Å². The van der Waals surface area contributed by atoms with E-state index in [0.29, 0.717) is 12.0 Å². The van der Waals surface area contributed by atoms with Gasteiger partial charge in [0.15, 0.2) is 0 Å². The quantitative estimate of drug-likeness (QED) is 0.721. The molecule has 1 aliphatic heterocycles. The summed E-state index contributed by atoms with van der Waals surface area (Å²) >= 11 is 0. The monoisotopic (exact) mass is 368 g/mol. The molecule has 3 rings (SSSR count). The minimum Gasteiger partial charge on any atom is -0.305 e. The summed E-state index contributed by atoms with van der Waals surface area (Å²) in [6.07, 6.45) is 2.85. The molecule has 1 unspecified atom stereocenters. The molecule has 0 aromatic heterocycles. The number of likely N-dealkylation sites (tertiary alicyclic amines) is 1. The van der Waals surface area contributed by atoms with Crippen molar-refractivity contribution in [1.82, 2.24) is 9.80 Å². The van der Waals surface area contributed by atoms with Crippen molar-refractivity contribution in [2.45, 2.75) is 56.7 Å². The van der Waals surface area contributed by atoms with Crippen molar-refractivity contribution < 1.29 is 13.2 Å². The summed E-state index contributed by atoms with van der Waals surface area (Å²) in [7, 11) is 4.22. The SMILES string of the molecule is CN(C)[C@H]1CCN(CC(c2cccc(C(F)(F)F)c2)C2CCCCC2)C1. The standard InChI is InChI=1S/C21H31F3N2/c1-25(2)19-11-12-26(14-19)15-20(16-7-4-3-5-8-16)17-9-6-10-18(13-17)21(22,23)24/h6,9-10,13,16,19-20H,3-5,7-8,11-12,14-15H2,1-2H3/t19-,20?/m0/s1. The smallest absolute Gasteiger partial charge is 0.305 e. The first-order valence-electron chi connectivity index (χ1n) is 9.90. The van der Waals surface area contributed by atoms with Crippen molar-refractivity contribution in [3.8, 4) is 0 Å². The van der Waals surface area contributed by atoms with E-state index in [-0.39, 0.29) is 5.92 Å². The molecule has 146 valence electrons. The number of hydrogen-bond donors (Lipinski definition) is 0. The molecule has 1 aliphatic carbocycles. The maximum atomic E-state index is 13.2. The third-order valence-electron chi connectivity index (χ3n) is 6.29. The van der Waals surface area contributed by atoms with Crippen LogP contribution in [0.15, 0.2) is 24.3 Å². The maximum Gasteiger partial charge on any atom is 0.416 e. The van der Waals surface area contributed by atoms with Gasteiger partial charge in [0.2, 0.25) is 0 Å². The van der Waals surface area contributed by atoms with Crippen LogP contribution in [0.5, 0.6) is 0 Å². The average Bonchev–Trinajstić information content (AvgIpc) is 3.09. The zero-order valence-corrected chi connectivity index (χ0v) is 15.9. The van der Waals surface area contributed by atoms with Gasteiger partial charge >= 0.3 is 6.18 Å². The van der Waals surface area contributed by atoms with Gasteiger partial charge < -0.3 is 9.80 Å². The molecule has 5 heteroatoms. The van der Waals surface area contributed by atoms with Crippen LogP contribution < -0.4 is 0 Å². The number of benzene rings is 1. The Morgan fingerprint density at radius 2 is 1.85 bits per heavy atom. The van der Waals surface area contributed by atoms with Gasteiger partial charge in [0.25, 0.3) is 0 Å². The van der Waals surface area contributed by atoms with E-state index in [0.717, 1.165) is 44.5 Å². The Labute approximate surface area is 155 Å². The van der Waals surface area contributed by atoms with E-state index in [1.54, 1.807) is 6.07 Å². The Hall–Kier alpha value is -1.07. The van der Waals surface area contributed by atoms with Gasteiger partial charge in [-0.3, -0.25) is 0 Å². The molecule has 0 amide bonds. The second-order valence-electron chi connectivity index (χ2n) is 8.29. The van der Waals surface area contributed by atoms with E-state index in [1.165, 1.54) is 31.4 Å². The van der Waals surface area contributed by atoms with E-state index in [2.05, 4.69) is 23.9 Å². The van der Waals surface area contributed by atoms with E-state index in [1.807, 2.05) is 6.07 Å². The van der Waals surface area contributed by atoms with E-state index >= 15 is 0 Å². The molecule has 0 N–H and O–H groups in total. The van der Waals surface area contributed by atoms with Crippen LogP contribution >= 0.6 is 0 Å². The zero-order valence-electron chi connectivity index (χ0n) is 15.9. The number of nitrogens with zero attached hydrogens (tertiary/aromatic N) is 2. The molecular formula is C21H31F3N2. The molecule has 2 atom stereocenters. The number of hydrogen-bond acceptors (Lipinski definition) is 2. The Morgan fingerprint density at radius 3 is 2.46 bits per heavy atom. The van der Waals surface area contributed by atoms with Crippen LogP contribution in [0.25, 0.3) is 0 Å². The normalized spacial score (nSPS) is 24.3. The van der Waals surface area contributed by atoms with E-state index in [4.69, 9.17) is 0 Å². The highest BCUT2D eigenvalue weighted by molar-refractivity contribution is 5.29. The highest BCUT2D eigenvalue weighted by Crippen LogP contribution is 2.39. The lowest BCUT2D eigenvalue weighted by molar-refractivity contribution is -0.137. The fraction of sp³-hybridized carbons (Fsp3) is 0.714. The van der Waals surface area contributed by atoms with Crippen molar-refractivity contribution in [3.63, 3.8) is 0 Å². The van der Waals surface area contributed by atoms with Crippen LogP contribution in [0.3, 0.4) is 0 Å². The Balaban J connectivity index is 1.80. The lowest BCUT2D eigenvalue weighted by atomic mass is 9.76. The summed E-state index contributed by atoms with van der Waals surface area (Å²) in [5.41, 5.74) is 0.364. The third-order valence-corrected chi connectivity index (χ3v) is 6.29. The van der Waals surface area contributed by atoms with E-state index < -0.39 is 11.7 Å². The minimum atomic E-state index is -4.27. The predicted molar refractivity (Wildman–Crippen MR) is 99.3 cm³/mol. The Morgan fingerprint density at radius 1 is 1.12 bits per heavy atom. The molecule has 0 spiro atoms. The van der Waals surface area contributed by atoms with Crippen LogP contribution in [0.1, 0.15) is 55.6 Å². The topological polar surface area (TPSA) is 6.48 Å². The minimum absolute atomic E-state index is 0.207.